The lowest BCUT2D eigenvalue weighted by Gasteiger charge is -2.29. The number of carbonyl (C=O) groups excluding carboxylic acids is 1. The average Bonchev–Trinajstić information content (AvgIpc) is 2.85. The summed E-state index contributed by atoms with van der Waals surface area (Å²) in [6.45, 7) is 2.13. The number of halogens is 2. The lowest BCUT2D eigenvalue weighted by molar-refractivity contribution is 0.0906. The first-order chi connectivity index (χ1) is 10.0. The number of hydrogen-bond acceptors (Lipinski definition) is 1. The van der Waals surface area contributed by atoms with Gasteiger partial charge in [-0.1, -0.05) is 19.8 Å². The van der Waals surface area contributed by atoms with E-state index in [2.05, 4.69) is 17.2 Å². The summed E-state index contributed by atoms with van der Waals surface area (Å²) in [5.41, 5.74) is 0.571. The van der Waals surface area contributed by atoms with Crippen molar-refractivity contribution in [3.63, 3.8) is 0 Å². The first-order valence-electron chi connectivity index (χ1n) is 7.33. The largest absolute Gasteiger partial charge is 0.350 e. The van der Waals surface area contributed by atoms with Gasteiger partial charge in [-0.3, -0.25) is 4.79 Å². The van der Waals surface area contributed by atoms with Crippen LogP contribution in [0.4, 0.5) is 8.78 Å². The molecule has 1 amide bonds. The van der Waals surface area contributed by atoms with Gasteiger partial charge in [0, 0.05) is 17.5 Å². The zero-order valence-corrected chi connectivity index (χ0v) is 11.9. The van der Waals surface area contributed by atoms with Crippen molar-refractivity contribution in [1.82, 2.24) is 10.3 Å². The maximum absolute atomic E-state index is 13.7. The highest BCUT2D eigenvalue weighted by molar-refractivity contribution is 5.98. The molecule has 3 rings (SSSR count). The molecule has 0 unspecified atom stereocenters. The Morgan fingerprint density at radius 1 is 1.24 bits per heavy atom. The summed E-state index contributed by atoms with van der Waals surface area (Å²) >= 11 is 0. The Bertz CT molecular complexity index is 680. The van der Waals surface area contributed by atoms with Crippen LogP contribution in [0.25, 0.3) is 10.9 Å². The summed E-state index contributed by atoms with van der Waals surface area (Å²) in [5.74, 6) is -1.13. The molecule has 0 radical (unpaired) electrons. The lowest BCUT2D eigenvalue weighted by atomic mass is 9.86. The van der Waals surface area contributed by atoms with Gasteiger partial charge in [-0.05, 0) is 30.9 Å². The highest BCUT2D eigenvalue weighted by atomic mass is 19.1. The Kier molecular flexibility index (Phi) is 3.66. The van der Waals surface area contributed by atoms with Gasteiger partial charge in [0.2, 0.25) is 0 Å². The molecule has 2 atom stereocenters. The molecule has 3 nitrogen and oxygen atoms in total. The van der Waals surface area contributed by atoms with Crippen LogP contribution in [0.5, 0.6) is 0 Å². The fourth-order valence-electron chi connectivity index (χ4n) is 3.06. The number of aromatic amines is 1. The zero-order valence-electron chi connectivity index (χ0n) is 11.9. The number of hydrogen-bond donors (Lipinski definition) is 2. The molecule has 1 saturated carbocycles. The van der Waals surface area contributed by atoms with E-state index in [1.54, 1.807) is 0 Å². The number of fused-ring (bicyclic) bond motifs is 1. The van der Waals surface area contributed by atoms with E-state index in [-0.39, 0.29) is 23.0 Å². The smallest absolute Gasteiger partial charge is 0.267 e. The number of nitrogens with one attached hydrogen (secondary N) is 2. The van der Waals surface area contributed by atoms with Crippen LogP contribution in [-0.2, 0) is 0 Å². The molecular formula is C16H18F2N2O. The van der Waals surface area contributed by atoms with Gasteiger partial charge in [0.1, 0.15) is 17.3 Å². The van der Waals surface area contributed by atoms with Crippen molar-refractivity contribution >= 4 is 16.8 Å². The second kappa shape index (κ2) is 5.47. The van der Waals surface area contributed by atoms with Gasteiger partial charge >= 0.3 is 0 Å². The third kappa shape index (κ3) is 2.77. The first kappa shape index (κ1) is 14.0. The van der Waals surface area contributed by atoms with E-state index in [1.807, 2.05) is 0 Å². The molecule has 5 heteroatoms. The SMILES string of the molecule is C[C@H]1CCCC[C@H]1NC(=O)c1cc2c(F)cc(F)cc2[nH]1. The van der Waals surface area contributed by atoms with Crippen LogP contribution in [0.3, 0.4) is 0 Å². The zero-order chi connectivity index (χ0) is 15.0. The summed E-state index contributed by atoms with van der Waals surface area (Å²) in [7, 11) is 0. The molecule has 1 aliphatic rings. The number of benzene rings is 1. The van der Waals surface area contributed by atoms with Gasteiger partial charge in [0.05, 0.1) is 5.52 Å². The van der Waals surface area contributed by atoms with E-state index in [0.717, 1.165) is 25.3 Å². The van der Waals surface area contributed by atoms with Crippen molar-refractivity contribution in [2.45, 2.75) is 38.6 Å². The molecule has 1 heterocycles. The summed E-state index contributed by atoms with van der Waals surface area (Å²) in [6.07, 6.45) is 4.39. The van der Waals surface area contributed by atoms with E-state index in [0.29, 0.717) is 11.4 Å². The summed E-state index contributed by atoms with van der Waals surface area (Å²) in [4.78, 5) is 15.1. The van der Waals surface area contributed by atoms with Crippen molar-refractivity contribution < 1.29 is 13.6 Å². The minimum atomic E-state index is -0.661. The van der Waals surface area contributed by atoms with Crippen LogP contribution < -0.4 is 5.32 Å². The molecular weight excluding hydrogens is 274 g/mol. The average molecular weight is 292 g/mol. The molecule has 1 aromatic heterocycles. The van der Waals surface area contributed by atoms with Crippen LogP contribution in [0.2, 0.25) is 0 Å². The van der Waals surface area contributed by atoms with E-state index in [1.165, 1.54) is 18.6 Å². The second-order valence-electron chi connectivity index (χ2n) is 5.87. The highest BCUT2D eigenvalue weighted by Gasteiger charge is 2.24. The van der Waals surface area contributed by atoms with Gasteiger partial charge in [-0.2, -0.15) is 0 Å². The summed E-state index contributed by atoms with van der Waals surface area (Å²) in [6, 6.07) is 3.60. The fraction of sp³-hybridized carbons (Fsp3) is 0.438. The monoisotopic (exact) mass is 292 g/mol. The Morgan fingerprint density at radius 2 is 2.00 bits per heavy atom. The van der Waals surface area contributed by atoms with E-state index >= 15 is 0 Å². The van der Waals surface area contributed by atoms with Crippen LogP contribution in [0, 0.1) is 17.6 Å². The number of aromatic nitrogens is 1. The van der Waals surface area contributed by atoms with Crippen LogP contribution in [0.15, 0.2) is 18.2 Å². The molecule has 1 aromatic carbocycles. The quantitative estimate of drug-likeness (QED) is 0.870. The predicted octanol–water partition coefficient (Wildman–Crippen LogP) is 3.75. The Balaban J connectivity index is 1.83. The standard InChI is InChI=1S/C16H18F2N2O/c1-9-4-2-3-5-13(9)20-16(21)15-8-11-12(18)6-10(17)7-14(11)19-15/h6-9,13,19H,2-5H2,1H3,(H,20,21)/t9-,13+/m0/s1. The van der Waals surface area contributed by atoms with Crippen molar-refractivity contribution in [3.8, 4) is 0 Å². The lowest BCUT2D eigenvalue weighted by Crippen LogP contribution is -2.41. The van der Waals surface area contributed by atoms with Crippen molar-refractivity contribution in [2.75, 3.05) is 0 Å². The number of amides is 1. The third-order valence-electron chi connectivity index (χ3n) is 4.32. The molecule has 0 aliphatic heterocycles. The predicted molar refractivity (Wildman–Crippen MR) is 77.1 cm³/mol. The Morgan fingerprint density at radius 3 is 2.76 bits per heavy atom. The van der Waals surface area contributed by atoms with Crippen molar-refractivity contribution in [2.24, 2.45) is 5.92 Å². The molecule has 0 saturated heterocycles. The number of carbonyl (C=O) groups is 1. The van der Waals surface area contributed by atoms with E-state index in [4.69, 9.17) is 0 Å². The van der Waals surface area contributed by atoms with Gasteiger partial charge in [0.25, 0.3) is 5.91 Å². The van der Waals surface area contributed by atoms with E-state index in [9.17, 15) is 13.6 Å². The third-order valence-corrected chi connectivity index (χ3v) is 4.32. The number of rotatable bonds is 2. The van der Waals surface area contributed by atoms with Crippen molar-refractivity contribution in [1.29, 1.82) is 0 Å². The number of H-pyrrole nitrogens is 1. The molecule has 112 valence electrons. The Labute approximate surface area is 121 Å². The maximum Gasteiger partial charge on any atom is 0.267 e. The highest BCUT2D eigenvalue weighted by Crippen LogP contribution is 2.25. The molecule has 0 spiro atoms. The van der Waals surface area contributed by atoms with Crippen LogP contribution in [-0.4, -0.2) is 16.9 Å². The molecule has 2 N–H and O–H groups in total. The summed E-state index contributed by atoms with van der Waals surface area (Å²) < 4.78 is 26.8. The normalized spacial score (nSPS) is 22.4. The molecule has 2 aromatic rings. The van der Waals surface area contributed by atoms with Crippen molar-refractivity contribution in [3.05, 3.63) is 35.5 Å². The van der Waals surface area contributed by atoms with Gasteiger partial charge < -0.3 is 10.3 Å². The Hall–Kier alpha value is -1.91. The molecule has 1 aliphatic carbocycles. The summed E-state index contributed by atoms with van der Waals surface area (Å²) in [5, 5.41) is 3.23. The minimum absolute atomic E-state index is 0.152. The van der Waals surface area contributed by atoms with Gasteiger partial charge in [-0.15, -0.1) is 0 Å². The maximum atomic E-state index is 13.7. The second-order valence-corrected chi connectivity index (χ2v) is 5.87. The van der Waals surface area contributed by atoms with Gasteiger partial charge in [-0.25, -0.2) is 8.78 Å². The van der Waals surface area contributed by atoms with Crippen LogP contribution >= 0.6 is 0 Å². The topological polar surface area (TPSA) is 44.9 Å². The van der Waals surface area contributed by atoms with Crippen LogP contribution in [0.1, 0.15) is 43.1 Å². The van der Waals surface area contributed by atoms with E-state index < -0.39 is 11.6 Å². The molecule has 21 heavy (non-hydrogen) atoms. The fourth-order valence-corrected chi connectivity index (χ4v) is 3.06. The molecule has 1 fully saturated rings. The molecule has 0 bridgehead atoms. The van der Waals surface area contributed by atoms with Gasteiger partial charge in [0.15, 0.2) is 0 Å². The minimum Gasteiger partial charge on any atom is -0.350 e. The first-order valence-corrected chi connectivity index (χ1v) is 7.33.